The van der Waals surface area contributed by atoms with Crippen molar-refractivity contribution in [3.8, 4) is 0 Å². The van der Waals surface area contributed by atoms with E-state index in [-0.39, 0.29) is 0 Å². The fourth-order valence-electron chi connectivity index (χ4n) is 1.68. The normalized spacial score (nSPS) is 26.4. The van der Waals surface area contributed by atoms with Crippen LogP contribution >= 0.6 is 0 Å². The zero-order valence-electron chi connectivity index (χ0n) is 6.60. The van der Waals surface area contributed by atoms with Gasteiger partial charge in [-0.2, -0.15) is 0 Å². The largest absolute Gasteiger partial charge is 0.317 e. The maximum absolute atomic E-state index is 5.05. The monoisotopic (exact) mass is 154 g/mol. The van der Waals surface area contributed by atoms with Crippen molar-refractivity contribution in [2.75, 3.05) is 19.7 Å². The average Bonchev–Trinajstić information content (AvgIpc) is 2.58. The van der Waals surface area contributed by atoms with Crippen LogP contribution in [0.3, 0.4) is 0 Å². The Morgan fingerprint density at radius 1 is 1.36 bits per heavy atom. The molecule has 2 rings (SSSR count). The summed E-state index contributed by atoms with van der Waals surface area (Å²) in [5.41, 5.74) is 4.26. The molecule has 0 atom stereocenters. The predicted octanol–water partition coefficient (Wildman–Crippen LogP) is 0.405. The Kier molecular flexibility index (Phi) is 2.10. The van der Waals surface area contributed by atoms with E-state index in [0.717, 1.165) is 19.7 Å². The van der Waals surface area contributed by atoms with E-state index < -0.39 is 0 Å². The lowest BCUT2D eigenvalue weighted by atomic mass is 9.95. The van der Waals surface area contributed by atoms with Gasteiger partial charge in [0, 0.05) is 11.6 Å². The van der Waals surface area contributed by atoms with Crippen LogP contribution in [0.2, 0.25) is 0 Å². The highest BCUT2D eigenvalue weighted by atomic mass is 16.6. The first-order valence-electron chi connectivity index (χ1n) is 4.25. The maximum Gasteiger partial charge on any atom is 0.0947 e. The van der Waals surface area contributed by atoms with E-state index in [4.69, 9.17) is 4.84 Å². The van der Waals surface area contributed by atoms with Gasteiger partial charge in [-0.05, 0) is 32.0 Å². The van der Waals surface area contributed by atoms with Gasteiger partial charge in [-0.3, -0.25) is 10.3 Å². The van der Waals surface area contributed by atoms with Crippen LogP contribution in [0.1, 0.15) is 12.8 Å². The quantitative estimate of drug-likeness (QED) is 0.573. The Balaban J connectivity index is 1.92. The summed E-state index contributed by atoms with van der Waals surface area (Å²) in [6.07, 6.45) is 4.63. The molecule has 0 aromatic rings. The number of hydroxylamine groups is 1. The summed E-state index contributed by atoms with van der Waals surface area (Å²) in [4.78, 5) is 5.05. The molecule has 0 unspecified atom stereocenters. The zero-order valence-corrected chi connectivity index (χ0v) is 6.60. The van der Waals surface area contributed by atoms with Crippen LogP contribution in [0.15, 0.2) is 11.8 Å². The van der Waals surface area contributed by atoms with Crippen LogP contribution in [0.5, 0.6) is 0 Å². The number of allylic oxidation sites excluding steroid dienone is 1. The van der Waals surface area contributed by atoms with Gasteiger partial charge in [0.1, 0.15) is 0 Å². The van der Waals surface area contributed by atoms with E-state index in [1.807, 2.05) is 0 Å². The number of hydrogen-bond acceptors (Lipinski definition) is 3. The number of piperidine rings is 1. The Bertz CT molecular complexity index is 161. The second kappa shape index (κ2) is 3.24. The fraction of sp³-hybridized carbons (Fsp3) is 0.750. The minimum absolute atomic E-state index is 0.707. The van der Waals surface area contributed by atoms with Crippen molar-refractivity contribution in [1.29, 1.82) is 0 Å². The van der Waals surface area contributed by atoms with Gasteiger partial charge in [-0.15, -0.1) is 0 Å². The highest BCUT2D eigenvalue weighted by Gasteiger charge is 2.19. The van der Waals surface area contributed by atoms with Crippen molar-refractivity contribution in [2.24, 2.45) is 5.92 Å². The summed E-state index contributed by atoms with van der Waals surface area (Å²) >= 11 is 0. The molecule has 11 heavy (non-hydrogen) atoms. The number of rotatable bonds is 1. The van der Waals surface area contributed by atoms with Crippen molar-refractivity contribution < 1.29 is 4.84 Å². The van der Waals surface area contributed by atoms with Gasteiger partial charge in [-0.1, -0.05) is 0 Å². The van der Waals surface area contributed by atoms with Crippen LogP contribution in [0.25, 0.3) is 0 Å². The first kappa shape index (κ1) is 7.13. The molecule has 1 fully saturated rings. The average molecular weight is 154 g/mol. The topological polar surface area (TPSA) is 33.3 Å². The van der Waals surface area contributed by atoms with Gasteiger partial charge in [0.15, 0.2) is 0 Å². The van der Waals surface area contributed by atoms with Gasteiger partial charge >= 0.3 is 0 Å². The van der Waals surface area contributed by atoms with Gasteiger partial charge in [-0.25, -0.2) is 0 Å². The molecule has 3 heteroatoms. The zero-order chi connectivity index (χ0) is 7.52. The van der Waals surface area contributed by atoms with E-state index in [1.165, 1.54) is 18.5 Å². The summed E-state index contributed by atoms with van der Waals surface area (Å²) in [5.74, 6) is 0.707. The first-order chi connectivity index (χ1) is 5.47. The van der Waals surface area contributed by atoms with Gasteiger partial charge in [0.25, 0.3) is 0 Å². The Hall–Kier alpha value is -0.540. The molecule has 0 bridgehead atoms. The molecule has 2 aliphatic rings. The molecule has 0 aromatic carbocycles. The highest BCUT2D eigenvalue weighted by Crippen LogP contribution is 2.20. The standard InChI is InChI=1S/C8H14N2O/c1-4-9-5-2-7(1)8-3-6-11-10-8/h3,7,9-10H,1-2,4-6H2. The van der Waals surface area contributed by atoms with E-state index in [2.05, 4.69) is 16.9 Å². The molecule has 0 spiro atoms. The van der Waals surface area contributed by atoms with E-state index >= 15 is 0 Å². The number of hydrogen-bond donors (Lipinski definition) is 2. The van der Waals surface area contributed by atoms with Crippen LogP contribution in [0, 0.1) is 5.92 Å². The van der Waals surface area contributed by atoms with Crippen molar-refractivity contribution >= 4 is 0 Å². The molecule has 2 aliphatic heterocycles. The molecule has 1 saturated heterocycles. The second-order valence-corrected chi connectivity index (χ2v) is 3.10. The summed E-state index contributed by atoms with van der Waals surface area (Å²) < 4.78 is 0. The molecule has 62 valence electrons. The summed E-state index contributed by atoms with van der Waals surface area (Å²) in [6.45, 7) is 3.02. The van der Waals surface area contributed by atoms with Crippen LogP contribution < -0.4 is 10.8 Å². The minimum Gasteiger partial charge on any atom is -0.317 e. The van der Waals surface area contributed by atoms with Crippen molar-refractivity contribution in [1.82, 2.24) is 10.8 Å². The lowest BCUT2D eigenvalue weighted by Crippen LogP contribution is -2.30. The van der Waals surface area contributed by atoms with Gasteiger partial charge in [0.05, 0.1) is 6.61 Å². The molecular formula is C8H14N2O. The molecular weight excluding hydrogens is 140 g/mol. The third-order valence-electron chi connectivity index (χ3n) is 2.36. The van der Waals surface area contributed by atoms with Gasteiger partial charge in [0.2, 0.25) is 0 Å². The predicted molar refractivity (Wildman–Crippen MR) is 42.8 cm³/mol. The Labute approximate surface area is 66.8 Å². The molecule has 2 N–H and O–H groups in total. The van der Waals surface area contributed by atoms with Crippen molar-refractivity contribution in [3.05, 3.63) is 11.8 Å². The SMILES string of the molecule is C1=C(C2CCNCC2)NOC1. The highest BCUT2D eigenvalue weighted by molar-refractivity contribution is 5.07. The van der Waals surface area contributed by atoms with E-state index in [1.54, 1.807) is 0 Å². The number of nitrogens with one attached hydrogen (secondary N) is 2. The maximum atomic E-state index is 5.05. The van der Waals surface area contributed by atoms with Crippen LogP contribution in [-0.4, -0.2) is 19.7 Å². The first-order valence-corrected chi connectivity index (χ1v) is 4.25. The van der Waals surface area contributed by atoms with Crippen molar-refractivity contribution in [3.63, 3.8) is 0 Å². The molecule has 0 aliphatic carbocycles. The smallest absolute Gasteiger partial charge is 0.0947 e. The second-order valence-electron chi connectivity index (χ2n) is 3.10. The van der Waals surface area contributed by atoms with E-state index in [0.29, 0.717) is 5.92 Å². The molecule has 3 nitrogen and oxygen atoms in total. The van der Waals surface area contributed by atoms with E-state index in [9.17, 15) is 0 Å². The minimum atomic E-state index is 0.707. The Morgan fingerprint density at radius 3 is 2.82 bits per heavy atom. The van der Waals surface area contributed by atoms with Gasteiger partial charge < -0.3 is 5.32 Å². The summed E-state index contributed by atoms with van der Waals surface area (Å²) in [7, 11) is 0. The van der Waals surface area contributed by atoms with Crippen LogP contribution in [-0.2, 0) is 4.84 Å². The fourth-order valence-corrected chi connectivity index (χ4v) is 1.68. The third-order valence-corrected chi connectivity index (χ3v) is 2.36. The summed E-state index contributed by atoms with van der Waals surface area (Å²) in [5, 5.41) is 3.34. The molecule has 0 aromatic heterocycles. The molecule has 2 heterocycles. The third kappa shape index (κ3) is 1.54. The summed E-state index contributed by atoms with van der Waals surface area (Å²) in [6, 6.07) is 0. The molecule has 0 radical (unpaired) electrons. The Morgan fingerprint density at radius 2 is 2.18 bits per heavy atom. The molecule has 0 amide bonds. The lowest BCUT2D eigenvalue weighted by Gasteiger charge is -2.23. The molecule has 0 saturated carbocycles. The van der Waals surface area contributed by atoms with Crippen molar-refractivity contribution in [2.45, 2.75) is 12.8 Å². The lowest BCUT2D eigenvalue weighted by molar-refractivity contribution is 0.1000. The van der Waals surface area contributed by atoms with Crippen LogP contribution in [0.4, 0.5) is 0 Å².